The van der Waals surface area contributed by atoms with Gasteiger partial charge in [0.1, 0.15) is 0 Å². The molecule has 0 bridgehead atoms. The second-order valence-corrected chi connectivity index (χ2v) is 7.33. The van der Waals surface area contributed by atoms with Gasteiger partial charge in [-0.25, -0.2) is 0 Å². The molecule has 5 nitrogen and oxygen atoms in total. The molecule has 0 unspecified atom stereocenters. The van der Waals surface area contributed by atoms with E-state index in [2.05, 4.69) is 21.3 Å². The van der Waals surface area contributed by atoms with Gasteiger partial charge in [0.2, 0.25) is 5.91 Å². The number of rotatable bonds is 6. The van der Waals surface area contributed by atoms with Gasteiger partial charge in [0.15, 0.2) is 0 Å². The minimum Gasteiger partial charge on any atom is -0.347 e. The zero-order valence-corrected chi connectivity index (χ0v) is 15.9. The maximum absolute atomic E-state index is 12.4. The van der Waals surface area contributed by atoms with Crippen LogP contribution >= 0.6 is 11.3 Å². The van der Waals surface area contributed by atoms with E-state index in [9.17, 15) is 9.59 Å². The molecule has 6 heteroatoms. The molecule has 4 aromatic rings. The Morgan fingerprint density at radius 2 is 1.71 bits per heavy atom. The van der Waals surface area contributed by atoms with Crippen LogP contribution in [0.15, 0.2) is 78.3 Å². The van der Waals surface area contributed by atoms with Gasteiger partial charge in [-0.1, -0.05) is 30.3 Å². The average Bonchev–Trinajstić information content (AvgIpc) is 3.37. The number of aryl methyl sites for hydroxylation is 1. The Kier molecular flexibility index (Phi) is 5.21. The van der Waals surface area contributed by atoms with Gasteiger partial charge in [-0.15, -0.1) is 11.3 Å². The maximum atomic E-state index is 12.4. The number of para-hydroxylation sites is 1. The number of thiophene rings is 1. The van der Waals surface area contributed by atoms with E-state index in [-0.39, 0.29) is 11.8 Å². The molecule has 4 rings (SSSR count). The third kappa shape index (κ3) is 4.13. The standard InChI is InChI=1S/C22H19N3O2S/c26-21(11-13-25-12-10-16-5-1-2-8-19(16)25)23-17-6-3-7-18(15-17)24-22(27)20-9-4-14-28-20/h1-10,12,14-15H,11,13H2,(H,23,26)(H,24,27). The largest absolute Gasteiger partial charge is 0.347 e. The van der Waals surface area contributed by atoms with E-state index in [1.165, 1.54) is 11.3 Å². The van der Waals surface area contributed by atoms with Gasteiger partial charge >= 0.3 is 0 Å². The van der Waals surface area contributed by atoms with Crippen LogP contribution in [-0.2, 0) is 11.3 Å². The van der Waals surface area contributed by atoms with Gasteiger partial charge in [0.05, 0.1) is 4.88 Å². The summed E-state index contributed by atoms with van der Waals surface area (Å²) >= 11 is 1.39. The lowest BCUT2D eigenvalue weighted by Crippen LogP contribution is -2.15. The molecule has 28 heavy (non-hydrogen) atoms. The van der Waals surface area contributed by atoms with E-state index in [1.807, 2.05) is 48.0 Å². The van der Waals surface area contributed by atoms with E-state index < -0.39 is 0 Å². The smallest absolute Gasteiger partial charge is 0.265 e. The Morgan fingerprint density at radius 3 is 2.54 bits per heavy atom. The van der Waals surface area contributed by atoms with Crippen molar-refractivity contribution in [3.8, 4) is 0 Å². The molecule has 0 atom stereocenters. The number of carbonyl (C=O) groups is 2. The van der Waals surface area contributed by atoms with Crippen LogP contribution in [0.25, 0.3) is 10.9 Å². The molecule has 2 amide bonds. The molecule has 2 aromatic heterocycles. The van der Waals surface area contributed by atoms with Gasteiger partial charge < -0.3 is 15.2 Å². The van der Waals surface area contributed by atoms with Crippen LogP contribution < -0.4 is 10.6 Å². The third-order valence-electron chi connectivity index (χ3n) is 4.41. The Labute approximate surface area is 166 Å². The SMILES string of the molecule is O=C(CCn1ccc2ccccc21)Nc1cccc(NC(=O)c2cccs2)c1. The lowest BCUT2D eigenvalue weighted by molar-refractivity contribution is -0.116. The summed E-state index contributed by atoms with van der Waals surface area (Å²) < 4.78 is 2.08. The Hall–Kier alpha value is -3.38. The van der Waals surface area contributed by atoms with E-state index in [1.54, 1.807) is 24.3 Å². The van der Waals surface area contributed by atoms with Crippen molar-refractivity contribution in [3.63, 3.8) is 0 Å². The summed E-state index contributed by atoms with van der Waals surface area (Å²) in [6.07, 6.45) is 2.36. The first kappa shape index (κ1) is 18.0. The van der Waals surface area contributed by atoms with Crippen LogP contribution in [0.3, 0.4) is 0 Å². The van der Waals surface area contributed by atoms with Crippen LogP contribution in [0.4, 0.5) is 11.4 Å². The fourth-order valence-corrected chi connectivity index (χ4v) is 3.68. The summed E-state index contributed by atoms with van der Waals surface area (Å²) in [4.78, 5) is 25.2. The Morgan fingerprint density at radius 1 is 0.893 bits per heavy atom. The molecular formula is C22H19N3O2S. The van der Waals surface area contributed by atoms with E-state index in [4.69, 9.17) is 0 Å². The lowest BCUT2D eigenvalue weighted by atomic mass is 10.2. The van der Waals surface area contributed by atoms with Crippen molar-refractivity contribution in [2.24, 2.45) is 0 Å². The predicted octanol–water partition coefficient (Wildman–Crippen LogP) is 4.98. The normalized spacial score (nSPS) is 10.7. The summed E-state index contributed by atoms with van der Waals surface area (Å²) in [5, 5.41) is 8.77. The Balaban J connectivity index is 1.36. The highest BCUT2D eigenvalue weighted by Crippen LogP contribution is 2.19. The van der Waals surface area contributed by atoms with Crippen LogP contribution in [0.2, 0.25) is 0 Å². The number of fused-ring (bicyclic) bond motifs is 1. The highest BCUT2D eigenvalue weighted by molar-refractivity contribution is 7.12. The minimum absolute atomic E-state index is 0.0699. The number of hydrogen-bond acceptors (Lipinski definition) is 3. The summed E-state index contributed by atoms with van der Waals surface area (Å²) in [6, 6.07) is 20.9. The second kappa shape index (κ2) is 8.10. The van der Waals surface area contributed by atoms with E-state index in [0.29, 0.717) is 29.2 Å². The van der Waals surface area contributed by atoms with Crippen LogP contribution in [0.5, 0.6) is 0 Å². The van der Waals surface area contributed by atoms with E-state index >= 15 is 0 Å². The van der Waals surface area contributed by atoms with Gasteiger partial charge in [-0.2, -0.15) is 0 Å². The monoisotopic (exact) mass is 389 g/mol. The maximum Gasteiger partial charge on any atom is 0.265 e. The summed E-state index contributed by atoms with van der Waals surface area (Å²) in [5.41, 5.74) is 2.42. The fraction of sp³-hybridized carbons (Fsp3) is 0.0909. The molecule has 0 aliphatic heterocycles. The van der Waals surface area contributed by atoms with Crippen LogP contribution in [0, 0.1) is 0 Å². The van der Waals surface area contributed by atoms with E-state index in [0.717, 1.165) is 10.9 Å². The second-order valence-electron chi connectivity index (χ2n) is 6.38. The molecule has 140 valence electrons. The minimum atomic E-state index is -0.155. The summed E-state index contributed by atoms with van der Waals surface area (Å²) in [7, 11) is 0. The number of nitrogens with one attached hydrogen (secondary N) is 2. The molecule has 2 heterocycles. The van der Waals surface area contributed by atoms with Crippen LogP contribution in [-0.4, -0.2) is 16.4 Å². The van der Waals surface area contributed by atoms with Crippen molar-refractivity contribution in [1.82, 2.24) is 4.57 Å². The molecule has 0 fully saturated rings. The molecule has 0 aliphatic carbocycles. The fourth-order valence-electron chi connectivity index (χ4n) is 3.06. The first-order valence-electron chi connectivity index (χ1n) is 8.98. The molecule has 0 radical (unpaired) electrons. The molecule has 2 aromatic carbocycles. The zero-order chi connectivity index (χ0) is 19.3. The first-order chi connectivity index (χ1) is 13.7. The lowest BCUT2D eigenvalue weighted by Gasteiger charge is -2.09. The van der Waals surface area contributed by atoms with Crippen molar-refractivity contribution in [2.75, 3.05) is 10.6 Å². The van der Waals surface area contributed by atoms with Gasteiger partial charge in [-0.05, 0) is 47.2 Å². The topological polar surface area (TPSA) is 63.1 Å². The number of aromatic nitrogens is 1. The highest BCUT2D eigenvalue weighted by Gasteiger charge is 2.09. The zero-order valence-electron chi connectivity index (χ0n) is 15.1. The van der Waals surface area contributed by atoms with Crippen molar-refractivity contribution < 1.29 is 9.59 Å². The number of hydrogen-bond donors (Lipinski definition) is 2. The van der Waals surface area contributed by atoms with Crippen molar-refractivity contribution >= 4 is 45.4 Å². The van der Waals surface area contributed by atoms with Crippen molar-refractivity contribution in [2.45, 2.75) is 13.0 Å². The molecular weight excluding hydrogens is 370 g/mol. The van der Waals surface area contributed by atoms with Gasteiger partial charge in [0.25, 0.3) is 5.91 Å². The summed E-state index contributed by atoms with van der Waals surface area (Å²) in [6.45, 7) is 0.605. The van der Waals surface area contributed by atoms with Crippen molar-refractivity contribution in [1.29, 1.82) is 0 Å². The molecule has 0 saturated carbocycles. The first-order valence-corrected chi connectivity index (χ1v) is 9.86. The summed E-state index contributed by atoms with van der Waals surface area (Å²) in [5.74, 6) is -0.225. The highest BCUT2D eigenvalue weighted by atomic mass is 32.1. The molecule has 0 aliphatic rings. The van der Waals surface area contributed by atoms with Gasteiger partial charge in [0, 0.05) is 36.1 Å². The number of carbonyl (C=O) groups excluding carboxylic acids is 2. The Bertz CT molecular complexity index is 1120. The van der Waals surface area contributed by atoms with Crippen LogP contribution in [0.1, 0.15) is 16.1 Å². The molecule has 2 N–H and O–H groups in total. The number of amides is 2. The van der Waals surface area contributed by atoms with Gasteiger partial charge in [-0.3, -0.25) is 9.59 Å². The third-order valence-corrected chi connectivity index (χ3v) is 5.28. The van der Waals surface area contributed by atoms with Crippen molar-refractivity contribution in [3.05, 3.63) is 83.2 Å². The quantitative estimate of drug-likeness (QED) is 0.488. The predicted molar refractivity (Wildman–Crippen MR) is 114 cm³/mol. The number of anilines is 2. The average molecular weight is 389 g/mol. The number of nitrogens with zero attached hydrogens (tertiary/aromatic N) is 1. The molecule has 0 spiro atoms. The molecule has 0 saturated heterocycles. The number of benzene rings is 2.